The fraction of sp³-hybridized carbons (Fsp3) is 0.160. The molecule has 14 heteroatoms. The third kappa shape index (κ3) is 4.28. The molecule has 5 aromatic rings. The van der Waals surface area contributed by atoms with E-state index in [9.17, 15) is 37.8 Å². The van der Waals surface area contributed by atoms with Crippen LogP contribution in [-0.2, 0) is 12.8 Å². The van der Waals surface area contributed by atoms with Gasteiger partial charge in [-0.25, -0.2) is 18.9 Å². The lowest BCUT2D eigenvalue weighted by Gasteiger charge is -2.18. The number of alkyl halides is 3. The molecule has 0 aliphatic rings. The first-order valence-corrected chi connectivity index (χ1v) is 11.3. The van der Waals surface area contributed by atoms with Crippen molar-refractivity contribution in [3.05, 3.63) is 65.6 Å². The minimum absolute atomic E-state index is 0.0169. The highest BCUT2D eigenvalue weighted by Gasteiger charge is 2.37. The molecule has 198 valence electrons. The highest BCUT2D eigenvalue weighted by Crippen LogP contribution is 2.41. The Hall–Kier alpha value is -5.03. The van der Waals surface area contributed by atoms with Crippen molar-refractivity contribution in [1.29, 1.82) is 5.26 Å². The first-order valence-electron chi connectivity index (χ1n) is 11.3. The molecule has 0 atom stereocenters. The van der Waals surface area contributed by atoms with E-state index in [1.165, 1.54) is 24.7 Å². The minimum Gasteiger partial charge on any atom is -0.465 e. The van der Waals surface area contributed by atoms with Crippen molar-refractivity contribution in [2.45, 2.75) is 19.7 Å². The van der Waals surface area contributed by atoms with Crippen LogP contribution in [0.1, 0.15) is 23.7 Å². The third-order valence-electron chi connectivity index (χ3n) is 6.12. The molecule has 39 heavy (non-hydrogen) atoms. The molecular formula is C25H17F4N7O3. The number of aromatic amines is 1. The Labute approximate surface area is 216 Å². The number of aliphatic hydroxyl groups is 1. The molecule has 0 fully saturated rings. The second-order valence-electron chi connectivity index (χ2n) is 8.42. The maximum absolute atomic E-state index is 14.9. The lowest BCUT2D eigenvalue weighted by atomic mass is 10.0. The number of amides is 1. The smallest absolute Gasteiger partial charge is 0.435 e. The number of rotatable bonds is 5. The molecule has 5 rings (SSSR count). The van der Waals surface area contributed by atoms with E-state index in [1.807, 2.05) is 6.07 Å². The number of hydrogen-bond acceptors (Lipinski definition) is 6. The number of fused-ring (bicyclic) bond motifs is 3. The molecular weight excluding hydrogens is 522 g/mol. The summed E-state index contributed by atoms with van der Waals surface area (Å²) in [5.74, 6) is -0.796. The molecule has 1 aromatic carbocycles. The highest BCUT2D eigenvalue weighted by molar-refractivity contribution is 6.16. The summed E-state index contributed by atoms with van der Waals surface area (Å²) in [5.41, 5.74) is -0.874. The summed E-state index contributed by atoms with van der Waals surface area (Å²) in [5, 5.41) is 32.6. The Balaban J connectivity index is 1.94. The second-order valence-corrected chi connectivity index (χ2v) is 8.42. The Morgan fingerprint density at radius 1 is 1.23 bits per heavy atom. The van der Waals surface area contributed by atoms with Gasteiger partial charge >= 0.3 is 12.3 Å². The van der Waals surface area contributed by atoms with Gasteiger partial charge in [-0.3, -0.25) is 9.88 Å². The summed E-state index contributed by atoms with van der Waals surface area (Å²) in [4.78, 5) is 24.1. The maximum Gasteiger partial charge on any atom is 0.435 e. The van der Waals surface area contributed by atoms with Crippen LogP contribution in [0, 0.1) is 17.1 Å². The predicted molar refractivity (Wildman–Crippen MR) is 131 cm³/mol. The van der Waals surface area contributed by atoms with Crippen LogP contribution in [0.3, 0.4) is 0 Å². The van der Waals surface area contributed by atoms with Crippen molar-refractivity contribution in [2.75, 3.05) is 11.4 Å². The van der Waals surface area contributed by atoms with Crippen molar-refractivity contribution in [2.24, 2.45) is 0 Å². The van der Waals surface area contributed by atoms with E-state index in [-0.39, 0.29) is 51.0 Å². The van der Waals surface area contributed by atoms with E-state index < -0.39 is 36.0 Å². The van der Waals surface area contributed by atoms with Gasteiger partial charge < -0.3 is 15.2 Å². The van der Waals surface area contributed by atoms with Crippen LogP contribution >= 0.6 is 0 Å². The van der Waals surface area contributed by atoms with E-state index >= 15 is 0 Å². The topological polar surface area (TPSA) is 144 Å². The number of carboxylic acid groups (broad SMARTS) is 1. The summed E-state index contributed by atoms with van der Waals surface area (Å²) < 4.78 is 57.0. The largest absolute Gasteiger partial charge is 0.465 e. The zero-order chi connectivity index (χ0) is 28.1. The van der Waals surface area contributed by atoms with E-state index in [4.69, 9.17) is 0 Å². The Morgan fingerprint density at radius 2 is 2.00 bits per heavy atom. The minimum atomic E-state index is -4.89. The zero-order valence-electron chi connectivity index (χ0n) is 20.0. The summed E-state index contributed by atoms with van der Waals surface area (Å²) in [7, 11) is 0. The van der Waals surface area contributed by atoms with E-state index in [0.717, 1.165) is 27.9 Å². The highest BCUT2D eigenvalue weighted by atomic mass is 19.4. The maximum atomic E-state index is 14.9. The quantitative estimate of drug-likeness (QED) is 0.267. The van der Waals surface area contributed by atoms with Gasteiger partial charge in [0.25, 0.3) is 0 Å². The van der Waals surface area contributed by atoms with E-state index in [0.29, 0.717) is 5.56 Å². The van der Waals surface area contributed by atoms with Crippen molar-refractivity contribution in [1.82, 2.24) is 24.7 Å². The van der Waals surface area contributed by atoms with Gasteiger partial charge in [0.15, 0.2) is 5.69 Å². The number of carbonyl (C=O) groups is 1. The molecule has 0 spiro atoms. The fourth-order valence-corrected chi connectivity index (χ4v) is 4.49. The first-order chi connectivity index (χ1) is 18.6. The van der Waals surface area contributed by atoms with Gasteiger partial charge in [-0.2, -0.15) is 23.5 Å². The summed E-state index contributed by atoms with van der Waals surface area (Å²) in [6.45, 7) is 0.583. The number of nitrogens with one attached hydrogen (secondary N) is 1. The van der Waals surface area contributed by atoms with Gasteiger partial charge in [0.1, 0.15) is 17.5 Å². The summed E-state index contributed by atoms with van der Waals surface area (Å²) in [6.07, 6.45) is -1.24. The SMILES string of the molecule is CCN(C(=O)O)c1cc(F)cc2c1[nH]c1ncc(-c3cncc(C#N)c3)c(-n3cc(CO)c(C(F)(F)F)n3)c12. The monoisotopic (exact) mass is 539 g/mol. The van der Waals surface area contributed by atoms with E-state index in [1.54, 1.807) is 6.92 Å². The number of nitrogens with zero attached hydrogens (tertiary/aromatic N) is 6. The molecule has 0 aliphatic carbocycles. The van der Waals surface area contributed by atoms with Crippen molar-refractivity contribution < 1.29 is 32.6 Å². The van der Waals surface area contributed by atoms with E-state index in [2.05, 4.69) is 20.1 Å². The molecule has 0 saturated heterocycles. The number of halogens is 4. The molecule has 1 amide bonds. The van der Waals surface area contributed by atoms with Gasteiger partial charge in [-0.15, -0.1) is 0 Å². The van der Waals surface area contributed by atoms with Crippen LogP contribution in [0.2, 0.25) is 0 Å². The molecule has 0 radical (unpaired) electrons. The lowest BCUT2D eigenvalue weighted by Crippen LogP contribution is -2.29. The zero-order valence-corrected chi connectivity index (χ0v) is 20.0. The Bertz CT molecular complexity index is 1800. The van der Waals surface area contributed by atoms with Crippen LogP contribution in [0.25, 0.3) is 38.8 Å². The number of pyridine rings is 2. The number of aromatic nitrogens is 5. The molecule has 4 heterocycles. The standard InChI is InChI=1S/C25H17F4N7O3/c1-2-35(24(38)39)18-5-15(26)4-16-19-21(36-10-14(11-37)22(34-36)25(27,28)29)17(9-32-23(19)33-20(16)18)13-3-12(6-30)7-31-8-13/h3-5,7-10,37H,2,11H2,1H3,(H,32,33)(H,38,39). The van der Waals surface area contributed by atoms with Crippen molar-refractivity contribution >= 4 is 33.7 Å². The average Bonchev–Trinajstić information content (AvgIpc) is 3.50. The molecule has 0 aliphatic heterocycles. The Kier molecular flexibility index (Phi) is 6.15. The van der Waals surface area contributed by atoms with Gasteiger partial charge in [-0.1, -0.05) is 0 Å². The molecule has 0 bridgehead atoms. The van der Waals surface area contributed by atoms with Gasteiger partial charge in [0, 0.05) is 53.4 Å². The average molecular weight is 539 g/mol. The summed E-state index contributed by atoms with van der Waals surface area (Å²) >= 11 is 0. The lowest BCUT2D eigenvalue weighted by molar-refractivity contribution is -0.142. The normalized spacial score (nSPS) is 11.7. The number of hydrogen-bond donors (Lipinski definition) is 3. The summed E-state index contributed by atoms with van der Waals surface area (Å²) in [6, 6.07) is 5.52. The van der Waals surface area contributed by atoms with Crippen LogP contribution in [0.5, 0.6) is 0 Å². The van der Waals surface area contributed by atoms with Gasteiger partial charge in [0.05, 0.1) is 34.4 Å². The van der Waals surface area contributed by atoms with Crippen LogP contribution in [0.15, 0.2) is 43.0 Å². The first kappa shape index (κ1) is 25.6. The molecule has 0 unspecified atom stereocenters. The molecule has 3 N–H and O–H groups in total. The number of aliphatic hydroxyl groups excluding tert-OH is 1. The number of H-pyrrole nitrogens is 1. The third-order valence-corrected chi connectivity index (χ3v) is 6.12. The van der Waals surface area contributed by atoms with Crippen LogP contribution < -0.4 is 4.90 Å². The van der Waals surface area contributed by atoms with Gasteiger partial charge in [0.2, 0.25) is 0 Å². The number of anilines is 1. The van der Waals surface area contributed by atoms with Crippen LogP contribution in [-0.4, -0.2) is 47.6 Å². The molecule has 0 saturated carbocycles. The molecule has 10 nitrogen and oxygen atoms in total. The number of benzene rings is 1. The van der Waals surface area contributed by atoms with Crippen LogP contribution in [0.4, 0.5) is 28.0 Å². The second kappa shape index (κ2) is 9.37. The van der Waals surface area contributed by atoms with Crippen molar-refractivity contribution in [3.8, 4) is 22.9 Å². The molecule has 4 aromatic heterocycles. The number of nitriles is 1. The Morgan fingerprint density at radius 3 is 2.62 bits per heavy atom. The fourth-order valence-electron chi connectivity index (χ4n) is 4.49. The van der Waals surface area contributed by atoms with Crippen molar-refractivity contribution in [3.63, 3.8) is 0 Å². The predicted octanol–water partition coefficient (Wildman–Crippen LogP) is 4.99. The van der Waals surface area contributed by atoms with Gasteiger partial charge in [-0.05, 0) is 25.1 Å².